The zero-order valence-electron chi connectivity index (χ0n) is 11.8. The van der Waals surface area contributed by atoms with Crippen molar-refractivity contribution in [1.29, 1.82) is 0 Å². The lowest BCUT2D eigenvalue weighted by molar-refractivity contribution is 0.0694. The minimum absolute atomic E-state index is 0.101. The maximum absolute atomic E-state index is 12.3. The monoisotopic (exact) mass is 286 g/mol. The SMILES string of the molecule is Nc1nc(=O)n(C2CCOCC2)c2nc(C3CC3)ccc12. The molecular formula is C15H18N4O2. The molecule has 0 radical (unpaired) electrons. The van der Waals surface area contributed by atoms with Crippen molar-refractivity contribution in [2.45, 2.75) is 37.6 Å². The Kier molecular flexibility index (Phi) is 2.92. The van der Waals surface area contributed by atoms with Crippen LogP contribution >= 0.6 is 0 Å². The smallest absolute Gasteiger partial charge is 0.351 e. The van der Waals surface area contributed by atoms with Crippen LogP contribution in [0, 0.1) is 0 Å². The first-order valence-electron chi connectivity index (χ1n) is 7.50. The lowest BCUT2D eigenvalue weighted by atomic mass is 10.1. The maximum Gasteiger partial charge on any atom is 0.351 e. The van der Waals surface area contributed by atoms with Crippen LogP contribution < -0.4 is 11.4 Å². The largest absolute Gasteiger partial charge is 0.383 e. The van der Waals surface area contributed by atoms with E-state index >= 15 is 0 Å². The fraction of sp³-hybridized carbons (Fsp3) is 0.533. The van der Waals surface area contributed by atoms with Crippen molar-refractivity contribution in [2.75, 3.05) is 18.9 Å². The maximum atomic E-state index is 12.3. The molecule has 1 saturated heterocycles. The summed E-state index contributed by atoms with van der Waals surface area (Å²) >= 11 is 0. The van der Waals surface area contributed by atoms with E-state index in [1.807, 2.05) is 12.1 Å². The van der Waals surface area contributed by atoms with Crippen molar-refractivity contribution in [3.63, 3.8) is 0 Å². The Morgan fingerprint density at radius 1 is 1.14 bits per heavy atom. The van der Waals surface area contributed by atoms with Gasteiger partial charge in [0.15, 0.2) is 0 Å². The van der Waals surface area contributed by atoms with Crippen molar-refractivity contribution in [3.8, 4) is 0 Å². The first-order valence-corrected chi connectivity index (χ1v) is 7.50. The van der Waals surface area contributed by atoms with Crippen molar-refractivity contribution in [1.82, 2.24) is 14.5 Å². The number of pyridine rings is 1. The third kappa shape index (κ3) is 2.19. The quantitative estimate of drug-likeness (QED) is 0.906. The normalized spacial score (nSPS) is 20.0. The molecule has 0 amide bonds. The average molecular weight is 286 g/mol. The second-order valence-electron chi connectivity index (χ2n) is 5.87. The topological polar surface area (TPSA) is 83.0 Å². The van der Waals surface area contributed by atoms with Crippen LogP contribution in [0.15, 0.2) is 16.9 Å². The molecule has 1 aliphatic carbocycles. The molecule has 0 bridgehead atoms. The Hall–Kier alpha value is -1.95. The summed E-state index contributed by atoms with van der Waals surface area (Å²) in [6.45, 7) is 1.34. The van der Waals surface area contributed by atoms with Crippen LogP contribution in [-0.2, 0) is 4.74 Å². The number of hydrogen-bond acceptors (Lipinski definition) is 5. The summed E-state index contributed by atoms with van der Waals surface area (Å²) in [5, 5.41) is 0.769. The minimum Gasteiger partial charge on any atom is -0.383 e. The first-order chi connectivity index (χ1) is 10.2. The number of anilines is 1. The molecule has 2 aromatic rings. The molecule has 110 valence electrons. The van der Waals surface area contributed by atoms with E-state index in [2.05, 4.69) is 4.98 Å². The Morgan fingerprint density at radius 3 is 2.62 bits per heavy atom. The van der Waals surface area contributed by atoms with Crippen molar-refractivity contribution in [3.05, 3.63) is 28.3 Å². The number of hydrogen-bond donors (Lipinski definition) is 1. The molecule has 2 fully saturated rings. The van der Waals surface area contributed by atoms with Crippen LogP contribution in [0.4, 0.5) is 5.82 Å². The summed E-state index contributed by atoms with van der Waals surface area (Å²) in [6, 6.07) is 4.06. The van der Waals surface area contributed by atoms with Gasteiger partial charge in [-0.3, -0.25) is 4.57 Å². The molecule has 1 aliphatic heterocycles. The van der Waals surface area contributed by atoms with Gasteiger partial charge in [0.2, 0.25) is 0 Å². The zero-order valence-corrected chi connectivity index (χ0v) is 11.8. The number of fused-ring (bicyclic) bond motifs is 1. The molecule has 0 spiro atoms. The summed E-state index contributed by atoms with van der Waals surface area (Å²) < 4.78 is 7.11. The molecule has 3 heterocycles. The van der Waals surface area contributed by atoms with Crippen molar-refractivity contribution < 1.29 is 4.74 Å². The van der Waals surface area contributed by atoms with E-state index in [4.69, 9.17) is 15.5 Å². The molecule has 2 N–H and O–H groups in total. The molecule has 6 heteroatoms. The van der Waals surface area contributed by atoms with Gasteiger partial charge < -0.3 is 10.5 Å². The molecule has 0 unspecified atom stereocenters. The highest BCUT2D eigenvalue weighted by atomic mass is 16.5. The number of nitrogen functional groups attached to an aromatic ring is 1. The summed E-state index contributed by atoms with van der Waals surface area (Å²) in [6.07, 6.45) is 3.99. The average Bonchev–Trinajstić information content (AvgIpc) is 3.32. The third-order valence-electron chi connectivity index (χ3n) is 4.37. The number of nitrogens with zero attached hydrogens (tertiary/aromatic N) is 3. The van der Waals surface area contributed by atoms with E-state index in [0.29, 0.717) is 24.8 Å². The van der Waals surface area contributed by atoms with Gasteiger partial charge in [-0.05, 0) is 37.8 Å². The van der Waals surface area contributed by atoms with Crippen molar-refractivity contribution >= 4 is 16.9 Å². The molecule has 21 heavy (non-hydrogen) atoms. The van der Waals surface area contributed by atoms with Gasteiger partial charge >= 0.3 is 5.69 Å². The predicted molar refractivity (Wildman–Crippen MR) is 79.3 cm³/mol. The number of nitrogens with two attached hydrogens (primary N) is 1. The van der Waals surface area contributed by atoms with Gasteiger partial charge in [-0.2, -0.15) is 4.98 Å². The van der Waals surface area contributed by atoms with Crippen LogP contribution in [-0.4, -0.2) is 27.7 Å². The van der Waals surface area contributed by atoms with Crippen LogP contribution in [0.5, 0.6) is 0 Å². The van der Waals surface area contributed by atoms with Gasteiger partial charge in [-0.1, -0.05) is 0 Å². The number of rotatable bonds is 2. The van der Waals surface area contributed by atoms with Gasteiger partial charge in [0.05, 0.1) is 5.39 Å². The second kappa shape index (κ2) is 4.80. The minimum atomic E-state index is -0.299. The molecule has 6 nitrogen and oxygen atoms in total. The van der Waals surface area contributed by atoms with Gasteiger partial charge in [0.1, 0.15) is 11.5 Å². The fourth-order valence-electron chi connectivity index (χ4n) is 3.03. The Balaban J connectivity index is 1.93. The lowest BCUT2D eigenvalue weighted by Gasteiger charge is -2.25. The highest BCUT2D eigenvalue weighted by Gasteiger charge is 2.27. The standard InChI is InChI=1S/C15H18N4O2/c16-13-11-3-4-12(9-1-2-9)17-14(11)19(15(20)18-13)10-5-7-21-8-6-10/h3-4,9-10H,1-2,5-8H2,(H2,16,18,20). The molecule has 0 atom stereocenters. The zero-order chi connectivity index (χ0) is 14.4. The van der Waals surface area contributed by atoms with Gasteiger partial charge in [0, 0.05) is 30.9 Å². The fourth-order valence-corrected chi connectivity index (χ4v) is 3.03. The van der Waals surface area contributed by atoms with Gasteiger partial charge in [-0.15, -0.1) is 0 Å². The van der Waals surface area contributed by atoms with Crippen LogP contribution in [0.1, 0.15) is 43.3 Å². The second-order valence-corrected chi connectivity index (χ2v) is 5.87. The van der Waals surface area contributed by atoms with E-state index in [1.54, 1.807) is 4.57 Å². The molecule has 1 saturated carbocycles. The molecule has 2 aromatic heterocycles. The molecular weight excluding hydrogens is 268 g/mol. The van der Waals surface area contributed by atoms with E-state index in [0.717, 1.165) is 23.9 Å². The molecule has 0 aromatic carbocycles. The van der Waals surface area contributed by atoms with E-state index in [1.165, 1.54) is 12.8 Å². The summed E-state index contributed by atoms with van der Waals surface area (Å²) in [5.74, 6) is 0.815. The Morgan fingerprint density at radius 2 is 1.90 bits per heavy atom. The summed E-state index contributed by atoms with van der Waals surface area (Å²) in [4.78, 5) is 21.0. The molecule has 2 aliphatic rings. The Labute approximate surface area is 122 Å². The van der Waals surface area contributed by atoms with E-state index < -0.39 is 0 Å². The third-order valence-corrected chi connectivity index (χ3v) is 4.37. The molecule has 4 rings (SSSR count). The van der Waals surface area contributed by atoms with Crippen molar-refractivity contribution in [2.24, 2.45) is 0 Å². The Bertz CT molecular complexity index is 745. The van der Waals surface area contributed by atoms with Gasteiger partial charge in [0.25, 0.3) is 0 Å². The van der Waals surface area contributed by atoms with E-state index in [-0.39, 0.29) is 17.5 Å². The summed E-state index contributed by atoms with van der Waals surface area (Å²) in [7, 11) is 0. The predicted octanol–water partition coefficient (Wildman–Crippen LogP) is 1.60. The lowest BCUT2D eigenvalue weighted by Crippen LogP contribution is -2.32. The summed E-state index contributed by atoms with van der Waals surface area (Å²) in [5.41, 5.74) is 7.36. The number of aromatic nitrogens is 3. The van der Waals surface area contributed by atoms with Gasteiger partial charge in [-0.25, -0.2) is 9.78 Å². The number of ether oxygens (including phenoxy) is 1. The van der Waals surface area contributed by atoms with E-state index in [9.17, 15) is 4.79 Å². The van der Waals surface area contributed by atoms with Crippen LogP contribution in [0.25, 0.3) is 11.0 Å². The first kappa shape index (κ1) is 12.8. The van der Waals surface area contributed by atoms with Crippen LogP contribution in [0.3, 0.4) is 0 Å². The van der Waals surface area contributed by atoms with Crippen LogP contribution in [0.2, 0.25) is 0 Å². The highest BCUT2D eigenvalue weighted by Crippen LogP contribution is 2.39. The highest BCUT2D eigenvalue weighted by molar-refractivity contribution is 5.85.